The third-order valence-corrected chi connectivity index (χ3v) is 4.04. The van der Waals surface area contributed by atoms with Crippen LogP contribution >= 0.6 is 11.3 Å². The Kier molecular flexibility index (Phi) is 4.74. The highest BCUT2D eigenvalue weighted by Crippen LogP contribution is 2.27. The number of carbonyl (C=O) groups is 1. The summed E-state index contributed by atoms with van der Waals surface area (Å²) in [6.07, 6.45) is 0.626. The van der Waals surface area contributed by atoms with Gasteiger partial charge < -0.3 is 4.74 Å². The maximum Gasteiger partial charge on any atom is 0.413 e. The SMILES string of the molecule is CCC(C)c1ccc(-c2csc(NC(=O)OC)n2)cc1. The number of rotatable bonds is 4. The van der Waals surface area contributed by atoms with Gasteiger partial charge in [-0.25, -0.2) is 9.78 Å². The van der Waals surface area contributed by atoms with E-state index in [1.807, 2.05) is 5.38 Å². The fourth-order valence-corrected chi connectivity index (χ4v) is 2.53. The fourth-order valence-electron chi connectivity index (χ4n) is 1.82. The third-order valence-electron chi connectivity index (χ3n) is 3.29. The van der Waals surface area contributed by atoms with E-state index in [9.17, 15) is 4.79 Å². The van der Waals surface area contributed by atoms with E-state index in [1.165, 1.54) is 24.0 Å². The monoisotopic (exact) mass is 290 g/mol. The van der Waals surface area contributed by atoms with Crippen molar-refractivity contribution in [2.45, 2.75) is 26.2 Å². The summed E-state index contributed by atoms with van der Waals surface area (Å²) in [6.45, 7) is 4.40. The topological polar surface area (TPSA) is 51.2 Å². The van der Waals surface area contributed by atoms with Gasteiger partial charge in [0.1, 0.15) is 0 Å². The molecule has 2 aromatic rings. The van der Waals surface area contributed by atoms with E-state index in [1.54, 1.807) is 0 Å². The van der Waals surface area contributed by atoms with Crippen LogP contribution in [-0.2, 0) is 4.74 Å². The normalized spacial score (nSPS) is 11.9. The quantitative estimate of drug-likeness (QED) is 0.901. The molecule has 1 aromatic heterocycles. The van der Waals surface area contributed by atoms with Gasteiger partial charge in [0.25, 0.3) is 0 Å². The van der Waals surface area contributed by atoms with Gasteiger partial charge in [0.15, 0.2) is 5.13 Å². The molecule has 0 aliphatic rings. The van der Waals surface area contributed by atoms with Crippen molar-refractivity contribution >= 4 is 22.6 Å². The van der Waals surface area contributed by atoms with Gasteiger partial charge in [-0.1, -0.05) is 38.1 Å². The molecular weight excluding hydrogens is 272 g/mol. The van der Waals surface area contributed by atoms with Crippen LogP contribution in [0.1, 0.15) is 31.7 Å². The lowest BCUT2D eigenvalue weighted by Crippen LogP contribution is -2.10. The van der Waals surface area contributed by atoms with Crippen LogP contribution < -0.4 is 5.32 Å². The second-order valence-electron chi connectivity index (χ2n) is 4.59. The van der Waals surface area contributed by atoms with E-state index in [0.29, 0.717) is 11.0 Å². The molecular formula is C15H18N2O2S. The molecule has 106 valence electrons. The smallest absolute Gasteiger partial charge is 0.413 e. The Morgan fingerprint density at radius 3 is 2.70 bits per heavy atom. The van der Waals surface area contributed by atoms with Crippen molar-refractivity contribution in [1.82, 2.24) is 4.98 Å². The molecule has 4 nitrogen and oxygen atoms in total. The summed E-state index contributed by atoms with van der Waals surface area (Å²) in [5, 5.41) is 5.03. The lowest BCUT2D eigenvalue weighted by atomic mass is 9.97. The van der Waals surface area contributed by atoms with Crippen molar-refractivity contribution in [1.29, 1.82) is 0 Å². The van der Waals surface area contributed by atoms with Crippen molar-refractivity contribution < 1.29 is 9.53 Å². The van der Waals surface area contributed by atoms with Crippen molar-refractivity contribution in [3.63, 3.8) is 0 Å². The second-order valence-corrected chi connectivity index (χ2v) is 5.44. The van der Waals surface area contributed by atoms with Crippen molar-refractivity contribution in [2.75, 3.05) is 12.4 Å². The first-order chi connectivity index (χ1) is 9.63. The van der Waals surface area contributed by atoms with Gasteiger partial charge in [0.05, 0.1) is 12.8 Å². The summed E-state index contributed by atoms with van der Waals surface area (Å²) in [5.41, 5.74) is 3.24. The number of benzene rings is 1. The molecule has 0 saturated carbocycles. The molecule has 0 bridgehead atoms. The van der Waals surface area contributed by atoms with E-state index in [-0.39, 0.29) is 0 Å². The number of methoxy groups -OCH3 is 1. The van der Waals surface area contributed by atoms with E-state index in [4.69, 9.17) is 0 Å². The largest absolute Gasteiger partial charge is 0.453 e. The maximum absolute atomic E-state index is 11.1. The fraction of sp³-hybridized carbons (Fsp3) is 0.333. The summed E-state index contributed by atoms with van der Waals surface area (Å²) in [4.78, 5) is 15.5. The molecule has 1 aromatic carbocycles. The van der Waals surface area contributed by atoms with Crippen LogP contribution in [0.5, 0.6) is 0 Å². The summed E-state index contributed by atoms with van der Waals surface area (Å²) in [5.74, 6) is 0.566. The Labute approximate surface area is 122 Å². The predicted octanol–water partition coefficient (Wildman–Crippen LogP) is 4.50. The number of amides is 1. The predicted molar refractivity (Wildman–Crippen MR) is 82.3 cm³/mol. The number of ether oxygens (including phenoxy) is 1. The van der Waals surface area contributed by atoms with Gasteiger partial charge in [0.2, 0.25) is 0 Å². The first kappa shape index (κ1) is 14.5. The summed E-state index contributed by atoms with van der Waals surface area (Å²) < 4.78 is 4.54. The zero-order valence-corrected chi connectivity index (χ0v) is 12.7. The first-order valence-electron chi connectivity index (χ1n) is 6.54. The Morgan fingerprint density at radius 2 is 2.10 bits per heavy atom. The molecule has 0 fully saturated rings. The van der Waals surface area contributed by atoms with Crippen LogP contribution in [0, 0.1) is 0 Å². The number of hydrogen-bond acceptors (Lipinski definition) is 4. The molecule has 1 N–H and O–H groups in total. The summed E-state index contributed by atoms with van der Waals surface area (Å²) in [7, 11) is 1.33. The molecule has 1 unspecified atom stereocenters. The minimum absolute atomic E-state index is 0.502. The highest BCUT2D eigenvalue weighted by Gasteiger charge is 2.08. The van der Waals surface area contributed by atoms with Gasteiger partial charge in [-0.2, -0.15) is 0 Å². The Morgan fingerprint density at radius 1 is 1.40 bits per heavy atom. The molecule has 1 heterocycles. The van der Waals surface area contributed by atoms with Crippen LogP contribution in [0.2, 0.25) is 0 Å². The zero-order chi connectivity index (χ0) is 14.5. The van der Waals surface area contributed by atoms with Gasteiger partial charge in [0, 0.05) is 10.9 Å². The molecule has 0 aliphatic carbocycles. The lowest BCUT2D eigenvalue weighted by Gasteiger charge is -2.08. The van der Waals surface area contributed by atoms with Crippen LogP contribution in [-0.4, -0.2) is 18.2 Å². The van der Waals surface area contributed by atoms with E-state index >= 15 is 0 Å². The van der Waals surface area contributed by atoms with E-state index < -0.39 is 6.09 Å². The molecule has 0 aliphatic heterocycles. The van der Waals surface area contributed by atoms with Crippen molar-refractivity contribution in [2.24, 2.45) is 0 Å². The molecule has 5 heteroatoms. The van der Waals surface area contributed by atoms with Crippen LogP contribution in [0.15, 0.2) is 29.6 Å². The van der Waals surface area contributed by atoms with Gasteiger partial charge in [-0.15, -0.1) is 11.3 Å². The van der Waals surface area contributed by atoms with E-state index in [0.717, 1.165) is 17.7 Å². The third kappa shape index (κ3) is 3.36. The number of aromatic nitrogens is 1. The van der Waals surface area contributed by atoms with E-state index in [2.05, 4.69) is 53.2 Å². The first-order valence-corrected chi connectivity index (χ1v) is 7.42. The van der Waals surface area contributed by atoms with Crippen LogP contribution in [0.3, 0.4) is 0 Å². The number of carbonyl (C=O) groups excluding carboxylic acids is 1. The highest BCUT2D eigenvalue weighted by molar-refractivity contribution is 7.14. The number of nitrogens with one attached hydrogen (secondary N) is 1. The molecule has 0 spiro atoms. The molecule has 1 atom stereocenters. The van der Waals surface area contributed by atoms with Crippen molar-refractivity contribution in [3.8, 4) is 11.3 Å². The lowest BCUT2D eigenvalue weighted by molar-refractivity contribution is 0.187. The minimum atomic E-state index is -0.502. The average molecular weight is 290 g/mol. The number of nitrogens with zero attached hydrogens (tertiary/aromatic N) is 1. The average Bonchev–Trinajstić information content (AvgIpc) is 2.95. The van der Waals surface area contributed by atoms with Gasteiger partial charge >= 0.3 is 6.09 Å². The number of anilines is 1. The second kappa shape index (κ2) is 6.52. The molecule has 0 saturated heterocycles. The molecule has 0 radical (unpaired) electrons. The van der Waals surface area contributed by atoms with Crippen LogP contribution in [0.4, 0.5) is 9.93 Å². The Balaban J connectivity index is 2.14. The molecule has 1 amide bonds. The van der Waals surface area contributed by atoms with Gasteiger partial charge in [-0.3, -0.25) is 5.32 Å². The standard InChI is InChI=1S/C15H18N2O2S/c1-4-10(2)11-5-7-12(8-6-11)13-9-20-14(16-13)17-15(18)19-3/h5-10H,4H2,1-3H3,(H,16,17,18). The Hall–Kier alpha value is -1.88. The van der Waals surface area contributed by atoms with Crippen LogP contribution in [0.25, 0.3) is 11.3 Å². The van der Waals surface area contributed by atoms with Crippen molar-refractivity contribution in [3.05, 3.63) is 35.2 Å². The molecule has 2 rings (SSSR count). The summed E-state index contributed by atoms with van der Waals surface area (Å²) in [6, 6.07) is 8.41. The minimum Gasteiger partial charge on any atom is -0.453 e. The number of thiazole rings is 1. The highest BCUT2D eigenvalue weighted by atomic mass is 32.1. The van der Waals surface area contributed by atoms with Gasteiger partial charge in [-0.05, 0) is 17.9 Å². The summed E-state index contributed by atoms with van der Waals surface area (Å²) >= 11 is 1.38. The number of hydrogen-bond donors (Lipinski definition) is 1. The zero-order valence-electron chi connectivity index (χ0n) is 11.8. The Bertz CT molecular complexity index is 578. The molecule has 20 heavy (non-hydrogen) atoms. The maximum atomic E-state index is 11.1.